The van der Waals surface area contributed by atoms with Crippen LogP contribution in [0, 0.1) is 16.7 Å². The highest BCUT2D eigenvalue weighted by molar-refractivity contribution is 7.91. The Balaban J connectivity index is 2.55. The summed E-state index contributed by atoms with van der Waals surface area (Å²) in [5.74, 6) is -2.18. The van der Waals surface area contributed by atoms with E-state index in [-0.39, 0.29) is 0 Å². The maximum atomic E-state index is 11.6. The number of carbonyl (C=O) groups is 1. The van der Waals surface area contributed by atoms with Gasteiger partial charge in [-0.2, -0.15) is 5.26 Å². The van der Waals surface area contributed by atoms with Crippen molar-refractivity contribution in [3.63, 3.8) is 0 Å². The van der Waals surface area contributed by atoms with E-state index >= 15 is 0 Å². The molecule has 1 aromatic rings. The minimum atomic E-state index is -3.60. The minimum Gasteiger partial charge on any atom is -0.480 e. The molecule has 1 fully saturated rings. The van der Waals surface area contributed by atoms with E-state index in [1.165, 1.54) is 0 Å². The molecular formula is C12H11NO4S. The fraction of sp³-hybridized carbons (Fsp3) is 0.333. The standard InChI is InChI=1S/C12H11NO4S/c1-18(16,17)10-9(8-5-3-2-4-6-8)12(10,7-13)11(14)15/h2-6,9-10H,1H3,(H,14,15)/t9-,10-,12+/m1/s1. The van der Waals surface area contributed by atoms with Crippen LogP contribution < -0.4 is 0 Å². The zero-order chi connectivity index (χ0) is 13.6. The average Bonchev–Trinajstić information content (AvgIpc) is 3.00. The normalized spacial score (nSPS) is 30.4. The SMILES string of the molecule is CS(=O)(=O)[C@@H]1[C@@H](c2ccccc2)[C@]1(C#N)C(=O)O. The topological polar surface area (TPSA) is 95.2 Å². The fourth-order valence-corrected chi connectivity index (χ4v) is 4.24. The van der Waals surface area contributed by atoms with Gasteiger partial charge in [0.1, 0.15) is 5.25 Å². The molecule has 0 aliphatic heterocycles. The predicted molar refractivity (Wildman–Crippen MR) is 63.5 cm³/mol. The summed E-state index contributed by atoms with van der Waals surface area (Å²) in [6.07, 6.45) is 0.968. The Labute approximate surface area is 105 Å². The first kappa shape index (κ1) is 12.6. The summed E-state index contributed by atoms with van der Waals surface area (Å²) in [6.45, 7) is 0. The fourth-order valence-electron chi connectivity index (χ4n) is 2.47. The second-order valence-electron chi connectivity index (χ2n) is 4.42. The van der Waals surface area contributed by atoms with Gasteiger partial charge in [-0.15, -0.1) is 0 Å². The van der Waals surface area contributed by atoms with Crippen molar-refractivity contribution in [2.45, 2.75) is 11.2 Å². The number of nitrogens with zero attached hydrogens (tertiary/aromatic N) is 1. The molecule has 94 valence electrons. The average molecular weight is 265 g/mol. The lowest BCUT2D eigenvalue weighted by molar-refractivity contribution is -0.141. The van der Waals surface area contributed by atoms with E-state index in [1.807, 2.05) is 0 Å². The summed E-state index contributed by atoms with van der Waals surface area (Å²) >= 11 is 0. The van der Waals surface area contributed by atoms with E-state index in [9.17, 15) is 18.3 Å². The van der Waals surface area contributed by atoms with Crippen molar-refractivity contribution in [1.29, 1.82) is 5.26 Å². The minimum absolute atomic E-state index is 0.567. The molecule has 0 heterocycles. The van der Waals surface area contributed by atoms with Gasteiger partial charge in [-0.3, -0.25) is 4.79 Å². The molecule has 0 spiro atoms. The molecule has 6 heteroatoms. The van der Waals surface area contributed by atoms with Crippen molar-refractivity contribution in [3.8, 4) is 6.07 Å². The number of carboxylic acids is 1. The Morgan fingerprint density at radius 3 is 2.28 bits per heavy atom. The smallest absolute Gasteiger partial charge is 0.326 e. The molecule has 3 atom stereocenters. The lowest BCUT2D eigenvalue weighted by Gasteiger charge is -2.01. The van der Waals surface area contributed by atoms with Crippen molar-refractivity contribution in [2.75, 3.05) is 6.26 Å². The first-order valence-corrected chi connectivity index (χ1v) is 7.19. The van der Waals surface area contributed by atoms with Gasteiger partial charge in [-0.1, -0.05) is 30.3 Å². The van der Waals surface area contributed by atoms with Crippen LogP contribution in [-0.4, -0.2) is 31.0 Å². The molecule has 1 saturated carbocycles. The number of carboxylic acid groups (broad SMARTS) is 1. The second kappa shape index (κ2) is 3.82. The monoisotopic (exact) mass is 265 g/mol. The Hall–Kier alpha value is -1.87. The molecule has 0 bridgehead atoms. The van der Waals surface area contributed by atoms with Gasteiger partial charge in [0.15, 0.2) is 15.3 Å². The van der Waals surface area contributed by atoms with Crippen LogP contribution in [0.1, 0.15) is 11.5 Å². The van der Waals surface area contributed by atoms with Gasteiger partial charge in [0.2, 0.25) is 0 Å². The van der Waals surface area contributed by atoms with Gasteiger partial charge in [-0.25, -0.2) is 8.42 Å². The number of nitriles is 1. The number of rotatable bonds is 3. The zero-order valence-corrected chi connectivity index (χ0v) is 10.4. The number of sulfone groups is 1. The van der Waals surface area contributed by atoms with Crippen LogP contribution in [0.15, 0.2) is 30.3 Å². The molecule has 1 N–H and O–H groups in total. The van der Waals surface area contributed by atoms with E-state index in [4.69, 9.17) is 5.26 Å². The lowest BCUT2D eigenvalue weighted by Crippen LogP contribution is -2.21. The van der Waals surface area contributed by atoms with Crippen molar-refractivity contribution < 1.29 is 18.3 Å². The second-order valence-corrected chi connectivity index (χ2v) is 6.59. The van der Waals surface area contributed by atoms with Gasteiger partial charge < -0.3 is 5.11 Å². The summed E-state index contributed by atoms with van der Waals surface area (Å²) in [5.41, 5.74) is -1.29. The molecule has 0 amide bonds. The third-order valence-electron chi connectivity index (χ3n) is 3.29. The first-order valence-electron chi connectivity index (χ1n) is 5.24. The van der Waals surface area contributed by atoms with Crippen LogP contribution in [0.3, 0.4) is 0 Å². The number of aliphatic carboxylic acids is 1. The molecule has 5 nitrogen and oxygen atoms in total. The van der Waals surface area contributed by atoms with Crippen LogP contribution in [0.25, 0.3) is 0 Å². The Bertz CT molecular complexity index is 632. The third-order valence-corrected chi connectivity index (χ3v) is 4.86. The van der Waals surface area contributed by atoms with Crippen LogP contribution in [0.5, 0.6) is 0 Å². The summed E-state index contributed by atoms with van der Waals surface area (Å²) < 4.78 is 23.3. The molecular weight excluding hydrogens is 254 g/mol. The molecule has 18 heavy (non-hydrogen) atoms. The van der Waals surface area contributed by atoms with E-state index in [0.29, 0.717) is 5.56 Å². The quantitative estimate of drug-likeness (QED) is 0.871. The highest BCUT2D eigenvalue weighted by Crippen LogP contribution is 2.62. The first-order chi connectivity index (χ1) is 8.35. The highest BCUT2D eigenvalue weighted by atomic mass is 32.2. The molecule has 1 aliphatic carbocycles. The van der Waals surface area contributed by atoms with Crippen LogP contribution in [0.4, 0.5) is 0 Å². The molecule has 0 radical (unpaired) electrons. The van der Waals surface area contributed by atoms with E-state index in [0.717, 1.165) is 6.26 Å². The largest absolute Gasteiger partial charge is 0.480 e. The summed E-state index contributed by atoms with van der Waals surface area (Å²) in [7, 11) is -3.60. The van der Waals surface area contributed by atoms with E-state index in [1.54, 1.807) is 36.4 Å². The Morgan fingerprint density at radius 1 is 1.39 bits per heavy atom. The van der Waals surface area contributed by atoms with Crippen LogP contribution in [-0.2, 0) is 14.6 Å². The molecule has 1 aromatic carbocycles. The van der Waals surface area contributed by atoms with Gasteiger partial charge in [0, 0.05) is 12.2 Å². The predicted octanol–water partition coefficient (Wildman–Crippen LogP) is 0.792. The molecule has 0 saturated heterocycles. The van der Waals surface area contributed by atoms with Crippen molar-refractivity contribution in [1.82, 2.24) is 0 Å². The van der Waals surface area contributed by atoms with Crippen LogP contribution in [0.2, 0.25) is 0 Å². The molecule has 2 rings (SSSR count). The zero-order valence-electron chi connectivity index (χ0n) is 9.57. The van der Waals surface area contributed by atoms with Crippen molar-refractivity contribution in [3.05, 3.63) is 35.9 Å². The number of benzene rings is 1. The Kier molecular flexibility index (Phi) is 2.67. The van der Waals surface area contributed by atoms with Crippen molar-refractivity contribution >= 4 is 15.8 Å². The van der Waals surface area contributed by atoms with Gasteiger partial charge in [-0.05, 0) is 5.56 Å². The lowest BCUT2D eigenvalue weighted by atomic mass is 10.0. The van der Waals surface area contributed by atoms with Gasteiger partial charge in [0.05, 0.1) is 6.07 Å². The summed E-state index contributed by atoms with van der Waals surface area (Å²) in [5, 5.41) is 17.1. The number of hydrogen-bond acceptors (Lipinski definition) is 4. The van der Waals surface area contributed by atoms with Gasteiger partial charge in [0.25, 0.3) is 0 Å². The van der Waals surface area contributed by atoms with Crippen LogP contribution >= 0.6 is 0 Å². The maximum Gasteiger partial charge on any atom is 0.326 e. The summed E-state index contributed by atoms with van der Waals surface area (Å²) in [6, 6.07) is 10.1. The molecule has 0 aromatic heterocycles. The van der Waals surface area contributed by atoms with E-state index in [2.05, 4.69) is 0 Å². The Morgan fingerprint density at radius 2 is 1.94 bits per heavy atom. The molecule has 1 aliphatic rings. The molecule has 0 unspecified atom stereocenters. The summed E-state index contributed by atoms with van der Waals surface area (Å²) in [4.78, 5) is 11.3. The van der Waals surface area contributed by atoms with Crippen molar-refractivity contribution in [2.24, 2.45) is 5.41 Å². The number of hydrogen-bond donors (Lipinski definition) is 1. The van der Waals surface area contributed by atoms with Gasteiger partial charge >= 0.3 is 5.97 Å². The highest BCUT2D eigenvalue weighted by Gasteiger charge is 2.76. The third kappa shape index (κ3) is 1.59. The maximum absolute atomic E-state index is 11.6. The van der Waals surface area contributed by atoms with E-state index < -0.39 is 32.4 Å².